The number of hydrogen-bond acceptors (Lipinski definition) is 4. The standard InChI is InChI=1S/C18H22N2O3S/c1-12-5-7-14(8-6-12)20-18(24)19-11-13-9-15(21-2)17(23-4)16(10-13)22-3/h5-10H,11H2,1-4H3,(H2,19,20,24). The molecule has 2 N–H and O–H groups in total. The first-order chi connectivity index (χ1) is 11.6. The third-order valence-corrected chi connectivity index (χ3v) is 3.73. The van der Waals surface area contributed by atoms with Crippen LogP contribution in [0.25, 0.3) is 0 Å². The number of anilines is 1. The Labute approximate surface area is 147 Å². The molecule has 0 saturated carbocycles. The Morgan fingerprint density at radius 3 is 2.04 bits per heavy atom. The van der Waals surface area contributed by atoms with Crippen molar-refractivity contribution in [2.24, 2.45) is 0 Å². The highest BCUT2D eigenvalue weighted by molar-refractivity contribution is 7.80. The van der Waals surface area contributed by atoms with E-state index in [1.807, 2.05) is 43.3 Å². The number of hydrogen-bond donors (Lipinski definition) is 2. The van der Waals surface area contributed by atoms with E-state index in [-0.39, 0.29) is 0 Å². The molecule has 2 aromatic rings. The van der Waals surface area contributed by atoms with Crippen LogP contribution in [0.15, 0.2) is 36.4 Å². The van der Waals surface area contributed by atoms with Gasteiger partial charge in [0.1, 0.15) is 0 Å². The molecule has 0 bridgehead atoms. The molecule has 0 atom stereocenters. The van der Waals surface area contributed by atoms with Crippen LogP contribution in [0.5, 0.6) is 17.2 Å². The Morgan fingerprint density at radius 1 is 0.958 bits per heavy atom. The smallest absolute Gasteiger partial charge is 0.203 e. The zero-order chi connectivity index (χ0) is 17.5. The SMILES string of the molecule is COc1cc(CNC(=S)Nc2ccc(C)cc2)cc(OC)c1OC. The molecule has 0 saturated heterocycles. The Hall–Kier alpha value is -2.47. The minimum absolute atomic E-state index is 0.536. The molecular weight excluding hydrogens is 324 g/mol. The van der Waals surface area contributed by atoms with E-state index in [9.17, 15) is 0 Å². The van der Waals surface area contributed by atoms with Crippen molar-refractivity contribution in [2.45, 2.75) is 13.5 Å². The molecule has 0 radical (unpaired) electrons. The monoisotopic (exact) mass is 346 g/mol. The normalized spacial score (nSPS) is 10.0. The number of thiocarbonyl (C=S) groups is 1. The average Bonchev–Trinajstić information content (AvgIpc) is 2.60. The molecule has 2 rings (SSSR count). The lowest BCUT2D eigenvalue weighted by atomic mass is 10.2. The fourth-order valence-electron chi connectivity index (χ4n) is 2.23. The fraction of sp³-hybridized carbons (Fsp3) is 0.278. The third-order valence-electron chi connectivity index (χ3n) is 3.49. The van der Waals surface area contributed by atoms with Crippen molar-refractivity contribution in [3.8, 4) is 17.2 Å². The minimum Gasteiger partial charge on any atom is -0.493 e. The van der Waals surface area contributed by atoms with Gasteiger partial charge in [-0.2, -0.15) is 0 Å². The highest BCUT2D eigenvalue weighted by Gasteiger charge is 2.13. The van der Waals surface area contributed by atoms with Crippen LogP contribution in [0.3, 0.4) is 0 Å². The van der Waals surface area contributed by atoms with Gasteiger partial charge in [0, 0.05) is 12.2 Å². The van der Waals surface area contributed by atoms with Crippen LogP contribution in [0.4, 0.5) is 5.69 Å². The van der Waals surface area contributed by atoms with Crippen LogP contribution in [0.1, 0.15) is 11.1 Å². The Balaban J connectivity index is 2.03. The second-order valence-electron chi connectivity index (χ2n) is 5.21. The second kappa shape index (κ2) is 8.40. The first-order valence-corrected chi connectivity index (χ1v) is 7.88. The Kier molecular flexibility index (Phi) is 6.26. The Morgan fingerprint density at radius 2 is 1.54 bits per heavy atom. The van der Waals surface area contributed by atoms with Crippen molar-refractivity contribution in [3.63, 3.8) is 0 Å². The molecule has 5 nitrogen and oxygen atoms in total. The molecule has 128 valence electrons. The van der Waals surface area contributed by atoms with E-state index >= 15 is 0 Å². The summed E-state index contributed by atoms with van der Waals surface area (Å²) in [5.41, 5.74) is 3.12. The van der Waals surface area contributed by atoms with Gasteiger partial charge in [-0.25, -0.2) is 0 Å². The number of rotatable bonds is 6. The maximum absolute atomic E-state index is 5.35. The molecule has 0 aromatic heterocycles. The van der Waals surface area contributed by atoms with Crippen molar-refractivity contribution in [1.29, 1.82) is 0 Å². The first kappa shape index (κ1) is 17.9. The summed E-state index contributed by atoms with van der Waals surface area (Å²) in [6, 6.07) is 11.8. The number of benzene rings is 2. The summed E-state index contributed by atoms with van der Waals surface area (Å²) in [4.78, 5) is 0. The number of aryl methyl sites for hydroxylation is 1. The van der Waals surface area contributed by atoms with Gasteiger partial charge < -0.3 is 24.8 Å². The predicted molar refractivity (Wildman–Crippen MR) is 100 cm³/mol. The average molecular weight is 346 g/mol. The summed E-state index contributed by atoms with van der Waals surface area (Å²) in [6.07, 6.45) is 0. The lowest BCUT2D eigenvalue weighted by Crippen LogP contribution is -2.27. The molecule has 2 aromatic carbocycles. The van der Waals surface area contributed by atoms with E-state index in [0.29, 0.717) is 28.9 Å². The van der Waals surface area contributed by atoms with E-state index in [1.165, 1.54) is 5.56 Å². The van der Waals surface area contributed by atoms with Gasteiger partial charge in [-0.3, -0.25) is 0 Å². The third kappa shape index (κ3) is 4.52. The molecule has 0 aliphatic carbocycles. The molecule has 0 aliphatic heterocycles. The Bertz CT molecular complexity index is 677. The minimum atomic E-state index is 0.536. The molecule has 24 heavy (non-hydrogen) atoms. The molecule has 0 unspecified atom stereocenters. The summed E-state index contributed by atoms with van der Waals surface area (Å²) in [5, 5.41) is 6.87. The van der Waals surface area contributed by atoms with Crippen LogP contribution in [-0.2, 0) is 6.54 Å². The fourth-order valence-corrected chi connectivity index (χ4v) is 2.42. The predicted octanol–water partition coefficient (Wildman–Crippen LogP) is 3.51. The maximum atomic E-state index is 5.35. The highest BCUT2D eigenvalue weighted by Crippen LogP contribution is 2.38. The van der Waals surface area contributed by atoms with E-state index in [2.05, 4.69) is 10.6 Å². The van der Waals surface area contributed by atoms with Gasteiger partial charge in [0.15, 0.2) is 16.6 Å². The van der Waals surface area contributed by atoms with Gasteiger partial charge in [0.05, 0.1) is 21.3 Å². The number of ether oxygens (including phenoxy) is 3. The molecule has 0 spiro atoms. The second-order valence-corrected chi connectivity index (χ2v) is 5.62. The van der Waals surface area contributed by atoms with Gasteiger partial charge in [-0.15, -0.1) is 0 Å². The summed E-state index contributed by atoms with van der Waals surface area (Å²) in [6.45, 7) is 2.58. The van der Waals surface area contributed by atoms with Gasteiger partial charge >= 0.3 is 0 Å². The van der Waals surface area contributed by atoms with Crippen LogP contribution in [0.2, 0.25) is 0 Å². The van der Waals surface area contributed by atoms with Crippen LogP contribution in [-0.4, -0.2) is 26.4 Å². The zero-order valence-corrected chi connectivity index (χ0v) is 15.1. The van der Waals surface area contributed by atoms with Gasteiger partial charge in [0.2, 0.25) is 5.75 Å². The van der Waals surface area contributed by atoms with Gasteiger partial charge in [0.25, 0.3) is 0 Å². The zero-order valence-electron chi connectivity index (χ0n) is 14.3. The van der Waals surface area contributed by atoms with Crippen molar-refractivity contribution in [2.75, 3.05) is 26.6 Å². The van der Waals surface area contributed by atoms with Crippen LogP contribution < -0.4 is 24.8 Å². The topological polar surface area (TPSA) is 51.8 Å². The number of nitrogens with one attached hydrogen (secondary N) is 2. The molecule has 0 amide bonds. The van der Waals surface area contributed by atoms with Gasteiger partial charge in [-0.05, 0) is 49.0 Å². The van der Waals surface area contributed by atoms with Crippen LogP contribution >= 0.6 is 12.2 Å². The first-order valence-electron chi connectivity index (χ1n) is 7.47. The highest BCUT2D eigenvalue weighted by atomic mass is 32.1. The summed E-state index contributed by atoms with van der Waals surface area (Å²) in [5.74, 6) is 1.81. The lowest BCUT2D eigenvalue weighted by Gasteiger charge is -2.15. The summed E-state index contributed by atoms with van der Waals surface area (Å²) >= 11 is 5.33. The maximum Gasteiger partial charge on any atom is 0.203 e. The summed E-state index contributed by atoms with van der Waals surface area (Å²) in [7, 11) is 4.77. The lowest BCUT2D eigenvalue weighted by molar-refractivity contribution is 0.323. The molecular formula is C18H22N2O3S. The van der Waals surface area contributed by atoms with Crippen molar-refractivity contribution in [1.82, 2.24) is 5.32 Å². The molecule has 6 heteroatoms. The van der Waals surface area contributed by atoms with E-state index in [0.717, 1.165) is 11.3 Å². The summed E-state index contributed by atoms with van der Waals surface area (Å²) < 4.78 is 16.0. The van der Waals surface area contributed by atoms with Gasteiger partial charge in [-0.1, -0.05) is 17.7 Å². The van der Waals surface area contributed by atoms with E-state index in [1.54, 1.807) is 21.3 Å². The quantitative estimate of drug-likeness (QED) is 0.781. The molecule has 0 aliphatic rings. The van der Waals surface area contributed by atoms with E-state index in [4.69, 9.17) is 26.4 Å². The van der Waals surface area contributed by atoms with Crippen molar-refractivity contribution >= 4 is 23.0 Å². The molecule has 0 heterocycles. The van der Waals surface area contributed by atoms with Crippen molar-refractivity contribution < 1.29 is 14.2 Å². The van der Waals surface area contributed by atoms with Crippen LogP contribution in [0, 0.1) is 6.92 Å². The number of methoxy groups -OCH3 is 3. The van der Waals surface area contributed by atoms with Crippen molar-refractivity contribution in [3.05, 3.63) is 47.5 Å². The largest absolute Gasteiger partial charge is 0.493 e. The molecule has 0 fully saturated rings. The van der Waals surface area contributed by atoms with E-state index < -0.39 is 0 Å².